The van der Waals surface area contributed by atoms with Gasteiger partial charge in [-0.3, -0.25) is 4.79 Å². The van der Waals surface area contributed by atoms with E-state index in [0.717, 1.165) is 27.9 Å². The van der Waals surface area contributed by atoms with Crippen molar-refractivity contribution in [3.05, 3.63) is 63.9 Å². The predicted octanol–water partition coefficient (Wildman–Crippen LogP) is 3.59. The average Bonchev–Trinajstić information content (AvgIpc) is 3.21. The second-order valence-corrected chi connectivity index (χ2v) is 6.65. The smallest absolute Gasteiger partial charge is 0.358 e. The molecule has 0 unspecified atom stereocenters. The fourth-order valence-corrected chi connectivity index (χ4v) is 3.41. The summed E-state index contributed by atoms with van der Waals surface area (Å²) in [6.45, 7) is 3.60. The summed E-state index contributed by atoms with van der Waals surface area (Å²) in [4.78, 5) is 31.8. The van der Waals surface area contributed by atoms with Crippen molar-refractivity contribution in [2.75, 3.05) is 7.11 Å². The Labute approximate surface area is 160 Å². The molecular weight excluding hydrogens is 358 g/mol. The van der Waals surface area contributed by atoms with E-state index in [0.29, 0.717) is 16.8 Å². The maximum atomic E-state index is 12.2. The molecule has 1 aromatic carbocycles. The van der Waals surface area contributed by atoms with Crippen molar-refractivity contribution in [3.63, 3.8) is 0 Å². The van der Waals surface area contributed by atoms with Crippen LogP contribution in [-0.4, -0.2) is 27.8 Å². The summed E-state index contributed by atoms with van der Waals surface area (Å²) in [7, 11) is 2.93. The minimum absolute atomic E-state index is 0.167. The molecule has 3 aromatic heterocycles. The lowest BCUT2D eigenvalue weighted by atomic mass is 10.0. The van der Waals surface area contributed by atoms with Gasteiger partial charge in [0.1, 0.15) is 5.76 Å². The Balaban J connectivity index is 1.79. The monoisotopic (exact) mass is 377 g/mol. The number of aromatic nitrogens is 3. The molecule has 3 heterocycles. The highest BCUT2D eigenvalue weighted by molar-refractivity contribution is 6.02. The third-order valence-electron chi connectivity index (χ3n) is 4.73. The largest absolute Gasteiger partial charge is 0.464 e. The van der Waals surface area contributed by atoms with E-state index in [9.17, 15) is 9.59 Å². The van der Waals surface area contributed by atoms with Crippen LogP contribution < -0.4 is 5.56 Å². The number of nitrogens with one attached hydrogen (secondary N) is 1. The van der Waals surface area contributed by atoms with Gasteiger partial charge >= 0.3 is 5.97 Å². The molecule has 0 spiro atoms. The molecule has 142 valence electrons. The second kappa shape index (κ2) is 6.53. The fourth-order valence-electron chi connectivity index (χ4n) is 3.41. The molecule has 0 radical (unpaired) electrons. The number of pyridine rings is 1. The van der Waals surface area contributed by atoms with Gasteiger partial charge in [-0.15, -0.1) is 0 Å². The molecule has 0 aliphatic carbocycles. The van der Waals surface area contributed by atoms with Gasteiger partial charge in [-0.05, 0) is 37.1 Å². The molecule has 0 amide bonds. The molecule has 0 aliphatic rings. The van der Waals surface area contributed by atoms with Gasteiger partial charge in [0, 0.05) is 23.8 Å². The Morgan fingerprint density at radius 3 is 2.43 bits per heavy atom. The van der Waals surface area contributed by atoms with Crippen molar-refractivity contribution in [3.8, 4) is 22.4 Å². The van der Waals surface area contributed by atoms with Crippen LogP contribution in [0.15, 0.2) is 45.7 Å². The molecule has 0 saturated carbocycles. The Morgan fingerprint density at radius 2 is 1.82 bits per heavy atom. The summed E-state index contributed by atoms with van der Waals surface area (Å²) >= 11 is 0. The number of benzene rings is 1. The number of esters is 1. The van der Waals surface area contributed by atoms with E-state index in [1.54, 1.807) is 14.0 Å². The molecule has 4 aromatic rings. The van der Waals surface area contributed by atoms with Gasteiger partial charge in [0.2, 0.25) is 0 Å². The SMILES string of the molecule is COC(=O)c1nc(C)cc2cc(-c3ccc(-c4c(C)on(C)c4=O)cc3)[nH]c12. The van der Waals surface area contributed by atoms with Crippen LogP contribution in [0.3, 0.4) is 0 Å². The summed E-state index contributed by atoms with van der Waals surface area (Å²) in [5, 5.41) is 0.881. The second-order valence-electron chi connectivity index (χ2n) is 6.65. The summed E-state index contributed by atoms with van der Waals surface area (Å²) in [5.74, 6) is 0.0962. The van der Waals surface area contributed by atoms with E-state index in [1.165, 1.54) is 11.8 Å². The zero-order chi connectivity index (χ0) is 20.0. The Kier molecular flexibility index (Phi) is 4.15. The number of nitrogens with zero attached hydrogens (tertiary/aromatic N) is 2. The predicted molar refractivity (Wildman–Crippen MR) is 105 cm³/mol. The molecule has 7 nitrogen and oxygen atoms in total. The van der Waals surface area contributed by atoms with E-state index in [4.69, 9.17) is 9.26 Å². The van der Waals surface area contributed by atoms with Gasteiger partial charge < -0.3 is 14.2 Å². The van der Waals surface area contributed by atoms with Gasteiger partial charge in [0.15, 0.2) is 5.69 Å². The summed E-state index contributed by atoms with van der Waals surface area (Å²) in [6.07, 6.45) is 0. The van der Waals surface area contributed by atoms with Crippen molar-refractivity contribution in [2.24, 2.45) is 7.05 Å². The van der Waals surface area contributed by atoms with Crippen LogP contribution in [0.2, 0.25) is 0 Å². The molecule has 0 fully saturated rings. The maximum Gasteiger partial charge on any atom is 0.358 e. The number of ether oxygens (including phenoxy) is 1. The van der Waals surface area contributed by atoms with Crippen molar-refractivity contribution in [2.45, 2.75) is 13.8 Å². The number of aromatic amines is 1. The van der Waals surface area contributed by atoms with Crippen LogP contribution in [0.25, 0.3) is 33.3 Å². The number of rotatable bonds is 3. The highest BCUT2D eigenvalue weighted by atomic mass is 16.5. The molecule has 28 heavy (non-hydrogen) atoms. The highest BCUT2D eigenvalue weighted by Gasteiger charge is 2.17. The van der Waals surface area contributed by atoms with E-state index in [2.05, 4.69) is 9.97 Å². The first-order valence-electron chi connectivity index (χ1n) is 8.75. The van der Waals surface area contributed by atoms with Crippen molar-refractivity contribution in [1.29, 1.82) is 0 Å². The lowest BCUT2D eigenvalue weighted by molar-refractivity contribution is 0.0596. The van der Waals surface area contributed by atoms with E-state index in [-0.39, 0.29) is 11.3 Å². The van der Waals surface area contributed by atoms with Crippen LogP contribution in [0.4, 0.5) is 0 Å². The molecule has 0 aliphatic heterocycles. The van der Waals surface area contributed by atoms with Gasteiger partial charge in [0.05, 0.1) is 18.2 Å². The van der Waals surface area contributed by atoms with Gasteiger partial charge in [0.25, 0.3) is 5.56 Å². The lowest BCUT2D eigenvalue weighted by Crippen LogP contribution is -2.11. The number of methoxy groups -OCH3 is 1. The number of aryl methyl sites for hydroxylation is 3. The highest BCUT2D eigenvalue weighted by Crippen LogP contribution is 2.29. The topological polar surface area (TPSA) is 90.1 Å². The first-order chi connectivity index (χ1) is 13.4. The van der Waals surface area contributed by atoms with E-state index >= 15 is 0 Å². The zero-order valence-corrected chi connectivity index (χ0v) is 16.0. The van der Waals surface area contributed by atoms with Crippen LogP contribution in [0, 0.1) is 13.8 Å². The fraction of sp³-hybridized carbons (Fsp3) is 0.190. The quantitative estimate of drug-likeness (QED) is 0.551. The van der Waals surface area contributed by atoms with E-state index < -0.39 is 5.97 Å². The van der Waals surface area contributed by atoms with Crippen LogP contribution in [0.1, 0.15) is 21.9 Å². The summed E-state index contributed by atoms with van der Waals surface area (Å²) < 4.78 is 11.4. The van der Waals surface area contributed by atoms with Gasteiger partial charge in [-0.1, -0.05) is 24.3 Å². The van der Waals surface area contributed by atoms with Crippen LogP contribution in [-0.2, 0) is 11.8 Å². The van der Waals surface area contributed by atoms with Crippen molar-refractivity contribution >= 4 is 16.9 Å². The minimum Gasteiger partial charge on any atom is -0.464 e. The normalized spacial score (nSPS) is 11.1. The molecule has 7 heteroatoms. The Morgan fingerprint density at radius 1 is 1.14 bits per heavy atom. The first-order valence-corrected chi connectivity index (χ1v) is 8.75. The average molecular weight is 377 g/mol. The summed E-state index contributed by atoms with van der Waals surface area (Å²) in [6, 6.07) is 11.5. The molecule has 0 atom stereocenters. The Hall–Kier alpha value is -3.61. The summed E-state index contributed by atoms with van der Waals surface area (Å²) in [5.41, 5.74) is 4.58. The molecular formula is C21H19N3O4. The molecule has 4 rings (SSSR count). The molecule has 0 bridgehead atoms. The minimum atomic E-state index is -0.483. The van der Waals surface area contributed by atoms with Gasteiger partial charge in [-0.25, -0.2) is 9.78 Å². The van der Waals surface area contributed by atoms with Crippen LogP contribution >= 0.6 is 0 Å². The van der Waals surface area contributed by atoms with Crippen molar-refractivity contribution < 1.29 is 14.1 Å². The number of carbonyl (C=O) groups excluding carboxylic acids is 1. The first kappa shape index (κ1) is 17.8. The standard InChI is InChI=1S/C21H19N3O4/c1-11-9-15-10-16(23-18(15)19(22-11)21(26)27-4)13-5-7-14(8-6-13)17-12(2)28-24(3)20(17)25/h5-10,23H,1-4H3. The van der Waals surface area contributed by atoms with Crippen LogP contribution in [0.5, 0.6) is 0 Å². The third kappa shape index (κ3) is 2.81. The number of carbonyl (C=O) groups is 1. The third-order valence-corrected chi connectivity index (χ3v) is 4.73. The number of hydrogen-bond donors (Lipinski definition) is 1. The van der Waals surface area contributed by atoms with E-state index in [1.807, 2.05) is 43.3 Å². The number of H-pyrrole nitrogens is 1. The van der Waals surface area contributed by atoms with Gasteiger partial charge in [-0.2, -0.15) is 4.74 Å². The van der Waals surface area contributed by atoms with Crippen molar-refractivity contribution in [1.82, 2.24) is 14.7 Å². The Bertz CT molecular complexity index is 1260. The maximum absolute atomic E-state index is 12.2. The molecule has 1 N–H and O–H groups in total. The number of fused-ring (bicyclic) bond motifs is 1. The number of hydrogen-bond acceptors (Lipinski definition) is 5. The lowest BCUT2D eigenvalue weighted by Gasteiger charge is -2.02. The zero-order valence-electron chi connectivity index (χ0n) is 16.0. The molecule has 0 saturated heterocycles.